The Morgan fingerprint density at radius 1 is 1.10 bits per heavy atom. The zero-order valence-electron chi connectivity index (χ0n) is 14.0. The molecule has 20 heavy (non-hydrogen) atoms. The van der Waals surface area contributed by atoms with Crippen molar-refractivity contribution in [3.63, 3.8) is 0 Å². The number of nitrogens with one attached hydrogen (secondary N) is 2. The lowest BCUT2D eigenvalue weighted by molar-refractivity contribution is 0.320. The Balaban J connectivity index is 3.95. The first-order valence-electron chi connectivity index (χ1n) is 7.89. The first-order chi connectivity index (χ1) is 9.18. The Morgan fingerprint density at radius 2 is 1.75 bits per heavy atom. The molecule has 0 saturated heterocycles. The lowest BCUT2D eigenvalue weighted by atomic mass is 9.87. The number of sulfonamides is 1. The van der Waals surface area contributed by atoms with E-state index in [9.17, 15) is 8.42 Å². The summed E-state index contributed by atoms with van der Waals surface area (Å²) >= 11 is 0. The Morgan fingerprint density at radius 3 is 2.30 bits per heavy atom. The number of hydrogen-bond acceptors (Lipinski definition) is 3. The van der Waals surface area contributed by atoms with E-state index in [4.69, 9.17) is 0 Å². The average molecular weight is 307 g/mol. The van der Waals surface area contributed by atoms with Crippen LogP contribution in [0, 0.1) is 5.41 Å². The summed E-state index contributed by atoms with van der Waals surface area (Å²) in [5.74, 6) is 0.206. The Hall–Kier alpha value is -0.130. The van der Waals surface area contributed by atoms with Gasteiger partial charge in [0, 0.05) is 12.6 Å². The fraction of sp³-hybridized carbons (Fsp3) is 1.00. The van der Waals surface area contributed by atoms with Gasteiger partial charge < -0.3 is 5.32 Å². The van der Waals surface area contributed by atoms with Crippen LogP contribution in [0.4, 0.5) is 0 Å². The van der Waals surface area contributed by atoms with Gasteiger partial charge in [-0.1, -0.05) is 53.9 Å². The second-order valence-electron chi connectivity index (χ2n) is 6.72. The van der Waals surface area contributed by atoms with Gasteiger partial charge in [0.2, 0.25) is 10.0 Å². The normalized spacial score (nSPS) is 13.1. The van der Waals surface area contributed by atoms with Gasteiger partial charge >= 0.3 is 0 Å². The quantitative estimate of drug-likeness (QED) is 0.545. The van der Waals surface area contributed by atoms with Crippen LogP contribution in [0.3, 0.4) is 0 Å². The topological polar surface area (TPSA) is 58.2 Å². The predicted molar refractivity (Wildman–Crippen MR) is 87.5 cm³/mol. The van der Waals surface area contributed by atoms with E-state index in [0.29, 0.717) is 19.0 Å². The molecule has 0 aliphatic heterocycles. The summed E-state index contributed by atoms with van der Waals surface area (Å²) in [7, 11) is -3.13. The SMILES string of the molecule is CCCCCC(C)(C)CNS(=O)(=O)CCCNC(C)C. The molecule has 0 fully saturated rings. The molecule has 0 amide bonds. The molecular formula is C15H34N2O2S. The maximum absolute atomic E-state index is 11.9. The summed E-state index contributed by atoms with van der Waals surface area (Å²) < 4.78 is 26.6. The Bertz CT molecular complexity index is 338. The molecule has 0 rings (SSSR count). The van der Waals surface area contributed by atoms with Crippen molar-refractivity contribution in [3.05, 3.63) is 0 Å². The second-order valence-corrected chi connectivity index (χ2v) is 8.65. The summed E-state index contributed by atoms with van der Waals surface area (Å²) in [6.45, 7) is 11.9. The molecule has 0 atom stereocenters. The molecule has 0 aromatic rings. The molecule has 0 aromatic carbocycles. The van der Waals surface area contributed by atoms with Gasteiger partial charge in [-0.05, 0) is 24.8 Å². The molecule has 0 bridgehead atoms. The van der Waals surface area contributed by atoms with Crippen LogP contribution in [0.25, 0.3) is 0 Å². The number of rotatable bonds is 12. The monoisotopic (exact) mass is 306 g/mol. The average Bonchev–Trinajstić information content (AvgIpc) is 2.33. The largest absolute Gasteiger partial charge is 0.314 e. The van der Waals surface area contributed by atoms with Crippen LogP contribution in [-0.4, -0.2) is 33.3 Å². The molecule has 122 valence electrons. The lowest BCUT2D eigenvalue weighted by Gasteiger charge is -2.25. The minimum Gasteiger partial charge on any atom is -0.314 e. The molecule has 4 nitrogen and oxygen atoms in total. The van der Waals surface area contributed by atoms with Crippen molar-refractivity contribution in [2.24, 2.45) is 5.41 Å². The first-order valence-corrected chi connectivity index (χ1v) is 9.54. The van der Waals surface area contributed by atoms with Crippen molar-refractivity contribution >= 4 is 10.0 Å². The molecule has 2 N–H and O–H groups in total. The molecule has 0 radical (unpaired) electrons. The summed E-state index contributed by atoms with van der Waals surface area (Å²) in [4.78, 5) is 0. The Labute approximate surface area is 126 Å². The van der Waals surface area contributed by atoms with E-state index < -0.39 is 10.0 Å². The molecular weight excluding hydrogens is 272 g/mol. The highest BCUT2D eigenvalue weighted by atomic mass is 32.2. The third-order valence-corrected chi connectivity index (χ3v) is 4.78. The minimum atomic E-state index is -3.13. The summed E-state index contributed by atoms with van der Waals surface area (Å²) in [5, 5.41) is 3.23. The van der Waals surface area contributed by atoms with Crippen molar-refractivity contribution in [1.82, 2.24) is 10.0 Å². The van der Waals surface area contributed by atoms with Crippen molar-refractivity contribution in [2.75, 3.05) is 18.8 Å². The van der Waals surface area contributed by atoms with Crippen LogP contribution in [-0.2, 0) is 10.0 Å². The first kappa shape index (κ1) is 19.9. The smallest absolute Gasteiger partial charge is 0.211 e. The van der Waals surface area contributed by atoms with E-state index in [-0.39, 0.29) is 11.2 Å². The van der Waals surface area contributed by atoms with Gasteiger partial charge in [0.15, 0.2) is 0 Å². The van der Waals surface area contributed by atoms with E-state index in [1.807, 2.05) is 0 Å². The fourth-order valence-electron chi connectivity index (χ4n) is 1.97. The van der Waals surface area contributed by atoms with Crippen molar-refractivity contribution in [2.45, 2.75) is 72.8 Å². The molecule has 0 aliphatic carbocycles. The maximum atomic E-state index is 11.9. The van der Waals surface area contributed by atoms with Crippen molar-refractivity contribution in [3.8, 4) is 0 Å². The number of unbranched alkanes of at least 4 members (excludes halogenated alkanes) is 2. The highest BCUT2D eigenvalue weighted by molar-refractivity contribution is 7.89. The molecule has 0 aromatic heterocycles. The van der Waals surface area contributed by atoms with E-state index in [0.717, 1.165) is 13.0 Å². The molecule has 0 saturated carbocycles. The summed E-state index contributed by atoms with van der Waals surface area (Å²) in [5.41, 5.74) is 0.0401. The van der Waals surface area contributed by atoms with E-state index in [1.54, 1.807) is 0 Å². The summed E-state index contributed by atoms with van der Waals surface area (Å²) in [6, 6.07) is 0.406. The summed E-state index contributed by atoms with van der Waals surface area (Å²) in [6.07, 6.45) is 5.31. The lowest BCUT2D eigenvalue weighted by Crippen LogP contribution is -2.36. The van der Waals surface area contributed by atoms with Crippen LogP contribution in [0.5, 0.6) is 0 Å². The van der Waals surface area contributed by atoms with Gasteiger partial charge in [-0.2, -0.15) is 0 Å². The standard InChI is InChI=1S/C15H34N2O2S/c1-6-7-8-10-15(4,5)13-17-20(18,19)12-9-11-16-14(2)3/h14,16-17H,6-13H2,1-5H3. The van der Waals surface area contributed by atoms with Gasteiger partial charge in [-0.15, -0.1) is 0 Å². The molecule has 0 aliphatic rings. The molecule has 0 spiro atoms. The van der Waals surface area contributed by atoms with E-state index in [1.165, 1.54) is 19.3 Å². The van der Waals surface area contributed by atoms with Crippen LogP contribution in [0.2, 0.25) is 0 Å². The third-order valence-electron chi connectivity index (χ3n) is 3.37. The van der Waals surface area contributed by atoms with E-state index >= 15 is 0 Å². The van der Waals surface area contributed by atoms with Crippen LogP contribution in [0.15, 0.2) is 0 Å². The second kappa shape index (κ2) is 9.74. The third kappa shape index (κ3) is 11.7. The zero-order valence-corrected chi connectivity index (χ0v) is 14.8. The highest BCUT2D eigenvalue weighted by Crippen LogP contribution is 2.22. The highest BCUT2D eigenvalue weighted by Gasteiger charge is 2.20. The zero-order chi connectivity index (χ0) is 15.6. The molecule has 0 unspecified atom stereocenters. The van der Waals surface area contributed by atoms with Gasteiger partial charge in [-0.25, -0.2) is 13.1 Å². The maximum Gasteiger partial charge on any atom is 0.211 e. The van der Waals surface area contributed by atoms with Crippen LogP contribution in [0.1, 0.15) is 66.7 Å². The Kier molecular flexibility index (Phi) is 9.68. The van der Waals surface area contributed by atoms with Crippen molar-refractivity contribution in [1.29, 1.82) is 0 Å². The number of hydrogen-bond donors (Lipinski definition) is 2. The van der Waals surface area contributed by atoms with Gasteiger partial charge in [0.25, 0.3) is 0 Å². The van der Waals surface area contributed by atoms with E-state index in [2.05, 4.69) is 44.7 Å². The fourth-order valence-corrected chi connectivity index (χ4v) is 3.25. The van der Waals surface area contributed by atoms with Gasteiger partial charge in [0.05, 0.1) is 5.75 Å². The molecule has 0 heterocycles. The van der Waals surface area contributed by atoms with Crippen LogP contribution >= 0.6 is 0 Å². The van der Waals surface area contributed by atoms with Gasteiger partial charge in [-0.3, -0.25) is 0 Å². The molecule has 5 heteroatoms. The minimum absolute atomic E-state index is 0.0401. The van der Waals surface area contributed by atoms with Crippen LogP contribution < -0.4 is 10.0 Å². The van der Waals surface area contributed by atoms with Crippen molar-refractivity contribution < 1.29 is 8.42 Å². The van der Waals surface area contributed by atoms with Gasteiger partial charge in [0.1, 0.15) is 0 Å². The predicted octanol–water partition coefficient (Wildman–Crippen LogP) is 2.90.